The summed E-state index contributed by atoms with van der Waals surface area (Å²) in [5.74, 6) is 0.640. The molecular formula is C26H25Cl3N2O3. The van der Waals surface area contributed by atoms with Crippen LogP contribution in [-0.4, -0.2) is 42.9 Å². The smallest absolute Gasteiger partial charge is 0.230 e. The van der Waals surface area contributed by atoms with E-state index >= 15 is 0 Å². The molecule has 178 valence electrons. The molecule has 34 heavy (non-hydrogen) atoms. The lowest BCUT2D eigenvalue weighted by Crippen LogP contribution is -2.19. The number of hydrogen-bond donors (Lipinski definition) is 0. The summed E-state index contributed by atoms with van der Waals surface area (Å²) in [6, 6.07) is 16.3. The van der Waals surface area contributed by atoms with Crippen molar-refractivity contribution in [3.05, 3.63) is 100 Å². The second kappa shape index (κ2) is 13.8. The molecule has 0 aliphatic rings. The van der Waals surface area contributed by atoms with E-state index in [0.717, 1.165) is 5.56 Å². The minimum Gasteiger partial charge on any atom is -0.488 e. The second-order valence-electron chi connectivity index (χ2n) is 7.32. The van der Waals surface area contributed by atoms with Crippen LogP contribution >= 0.6 is 35.6 Å². The molecule has 0 saturated heterocycles. The quantitative estimate of drug-likeness (QED) is 0.164. The minimum absolute atomic E-state index is 0. The molecule has 0 aliphatic heterocycles. The van der Waals surface area contributed by atoms with Gasteiger partial charge < -0.3 is 14.4 Å². The summed E-state index contributed by atoms with van der Waals surface area (Å²) >= 11 is 12.4. The normalized spacial score (nSPS) is 11.1. The Labute approximate surface area is 216 Å². The number of ketones is 1. The van der Waals surface area contributed by atoms with Crippen LogP contribution in [0.5, 0.6) is 17.4 Å². The Hall–Kier alpha value is -2.83. The first-order chi connectivity index (χ1) is 15.9. The fourth-order valence-corrected chi connectivity index (χ4v) is 3.08. The van der Waals surface area contributed by atoms with Crippen LogP contribution in [0.25, 0.3) is 6.08 Å². The maximum absolute atomic E-state index is 12.8. The molecule has 0 unspecified atom stereocenters. The van der Waals surface area contributed by atoms with Crippen LogP contribution in [0.15, 0.2) is 79.0 Å². The summed E-state index contributed by atoms with van der Waals surface area (Å²) in [5, 5.41) is 0.649. The first kappa shape index (κ1) is 27.4. The van der Waals surface area contributed by atoms with Crippen molar-refractivity contribution in [3.63, 3.8) is 0 Å². The van der Waals surface area contributed by atoms with Gasteiger partial charge in [0.25, 0.3) is 0 Å². The molecule has 0 amide bonds. The number of likely N-dealkylation sites (N-methyl/N-ethyl adjacent to an activating group) is 1. The van der Waals surface area contributed by atoms with Crippen molar-refractivity contribution in [1.82, 2.24) is 9.88 Å². The lowest BCUT2D eigenvalue weighted by atomic mass is 10.1. The molecule has 0 saturated carbocycles. The van der Waals surface area contributed by atoms with Crippen molar-refractivity contribution in [2.24, 2.45) is 0 Å². The molecule has 3 aromatic rings. The molecule has 0 bridgehead atoms. The molecule has 5 nitrogen and oxygen atoms in total. The number of pyridine rings is 1. The minimum atomic E-state index is -0.244. The van der Waals surface area contributed by atoms with Crippen molar-refractivity contribution in [2.45, 2.75) is 0 Å². The topological polar surface area (TPSA) is 51.7 Å². The monoisotopic (exact) mass is 518 g/mol. The highest BCUT2D eigenvalue weighted by Gasteiger charge is 2.16. The van der Waals surface area contributed by atoms with Gasteiger partial charge in [-0.05, 0) is 37.9 Å². The summed E-state index contributed by atoms with van der Waals surface area (Å²) in [6.07, 6.45) is 8.42. The third-order valence-corrected chi connectivity index (χ3v) is 5.20. The van der Waals surface area contributed by atoms with E-state index in [4.69, 9.17) is 32.7 Å². The number of aromatic nitrogens is 1. The average molecular weight is 520 g/mol. The van der Waals surface area contributed by atoms with Crippen LogP contribution in [0.2, 0.25) is 10.0 Å². The summed E-state index contributed by atoms with van der Waals surface area (Å²) in [4.78, 5) is 19.0. The number of carbonyl (C=O) groups is 1. The van der Waals surface area contributed by atoms with E-state index in [1.807, 2.05) is 55.4 Å². The third kappa shape index (κ3) is 8.19. The molecule has 0 N–H and O–H groups in total. The molecule has 0 spiro atoms. The van der Waals surface area contributed by atoms with Crippen molar-refractivity contribution < 1.29 is 14.3 Å². The predicted octanol–water partition coefficient (Wildman–Crippen LogP) is 7.00. The average Bonchev–Trinajstić information content (AvgIpc) is 2.80. The van der Waals surface area contributed by atoms with Crippen LogP contribution in [0.1, 0.15) is 15.9 Å². The third-order valence-electron chi connectivity index (χ3n) is 4.47. The van der Waals surface area contributed by atoms with Gasteiger partial charge in [-0.15, -0.1) is 12.4 Å². The van der Waals surface area contributed by atoms with Crippen LogP contribution in [-0.2, 0) is 0 Å². The number of nitrogens with zero attached hydrogens (tertiary/aromatic N) is 2. The molecular weight excluding hydrogens is 495 g/mol. The number of rotatable bonds is 10. The number of carbonyl (C=O) groups excluding carboxylic acids is 1. The lowest BCUT2D eigenvalue weighted by molar-refractivity contribution is 0.104. The summed E-state index contributed by atoms with van der Waals surface area (Å²) in [5.41, 5.74) is 1.36. The molecule has 3 rings (SSSR count). The predicted molar refractivity (Wildman–Crippen MR) is 141 cm³/mol. The number of benzene rings is 2. The zero-order valence-electron chi connectivity index (χ0n) is 18.8. The number of allylic oxidation sites excluding steroid dienone is 3. The van der Waals surface area contributed by atoms with Crippen LogP contribution in [0.3, 0.4) is 0 Å². The Balaban J connectivity index is 0.00000408. The van der Waals surface area contributed by atoms with E-state index in [1.54, 1.807) is 42.6 Å². The van der Waals surface area contributed by atoms with Gasteiger partial charge in [-0.25, -0.2) is 4.98 Å². The molecule has 2 aromatic carbocycles. The standard InChI is InChI=1S/C26H24Cl2N2O3.ClH/c1-30(2)15-16-32-24-17-21(27)22(28)18-25(24)33-26-20(12-8-14-29-26)23(31)13-7-6-11-19-9-4-3-5-10-19;/h3-14,17-18H,15-16H2,1-2H3;1H/b11-6+,13-7+;. The van der Waals surface area contributed by atoms with Gasteiger partial charge in [0.2, 0.25) is 5.88 Å². The molecule has 0 radical (unpaired) electrons. The summed E-state index contributed by atoms with van der Waals surface area (Å²) < 4.78 is 11.8. The van der Waals surface area contributed by atoms with Gasteiger partial charge in [-0.1, -0.05) is 71.8 Å². The van der Waals surface area contributed by atoms with Gasteiger partial charge in [0, 0.05) is 24.9 Å². The van der Waals surface area contributed by atoms with Crippen molar-refractivity contribution in [1.29, 1.82) is 0 Å². The molecule has 0 fully saturated rings. The van der Waals surface area contributed by atoms with Gasteiger partial charge in [0.1, 0.15) is 6.61 Å². The summed E-state index contributed by atoms with van der Waals surface area (Å²) in [7, 11) is 3.90. The molecule has 0 aliphatic carbocycles. The molecule has 1 aromatic heterocycles. The Morgan fingerprint density at radius 3 is 2.41 bits per heavy atom. The fraction of sp³-hybridized carbons (Fsp3) is 0.154. The molecule has 0 atom stereocenters. The zero-order valence-corrected chi connectivity index (χ0v) is 21.1. The second-order valence-corrected chi connectivity index (χ2v) is 8.13. The largest absolute Gasteiger partial charge is 0.488 e. The van der Waals surface area contributed by atoms with Gasteiger partial charge in [-0.2, -0.15) is 0 Å². The SMILES string of the molecule is CN(C)CCOc1cc(Cl)c(Cl)cc1Oc1ncccc1C(=O)/C=C/C=C/c1ccccc1.Cl. The maximum atomic E-state index is 12.8. The zero-order chi connectivity index (χ0) is 23.6. The van der Waals surface area contributed by atoms with Crippen molar-refractivity contribution in [2.75, 3.05) is 27.2 Å². The first-order valence-electron chi connectivity index (χ1n) is 10.3. The van der Waals surface area contributed by atoms with E-state index in [2.05, 4.69) is 4.98 Å². The van der Waals surface area contributed by atoms with E-state index in [0.29, 0.717) is 40.3 Å². The van der Waals surface area contributed by atoms with E-state index < -0.39 is 0 Å². The number of ether oxygens (including phenoxy) is 2. The van der Waals surface area contributed by atoms with Gasteiger partial charge in [0.15, 0.2) is 17.3 Å². The molecule has 1 heterocycles. The number of halogens is 3. The van der Waals surface area contributed by atoms with Gasteiger partial charge >= 0.3 is 0 Å². The van der Waals surface area contributed by atoms with E-state index in [1.165, 1.54) is 6.08 Å². The fourth-order valence-electron chi connectivity index (χ4n) is 2.77. The van der Waals surface area contributed by atoms with Crippen LogP contribution in [0, 0.1) is 0 Å². The Kier molecular flexibility index (Phi) is 11.1. The van der Waals surface area contributed by atoms with Gasteiger partial charge in [0.05, 0.1) is 15.6 Å². The summed E-state index contributed by atoms with van der Waals surface area (Å²) in [6.45, 7) is 1.13. The van der Waals surface area contributed by atoms with Gasteiger partial charge in [-0.3, -0.25) is 4.79 Å². The van der Waals surface area contributed by atoms with E-state index in [9.17, 15) is 4.79 Å². The Morgan fingerprint density at radius 2 is 1.71 bits per heavy atom. The van der Waals surface area contributed by atoms with Crippen LogP contribution < -0.4 is 9.47 Å². The Morgan fingerprint density at radius 1 is 1.00 bits per heavy atom. The van der Waals surface area contributed by atoms with Crippen molar-refractivity contribution >= 4 is 47.5 Å². The highest BCUT2D eigenvalue weighted by atomic mass is 35.5. The first-order valence-corrected chi connectivity index (χ1v) is 11.0. The number of hydrogen-bond acceptors (Lipinski definition) is 5. The molecule has 8 heteroatoms. The maximum Gasteiger partial charge on any atom is 0.230 e. The highest BCUT2D eigenvalue weighted by molar-refractivity contribution is 6.42. The lowest BCUT2D eigenvalue weighted by Gasteiger charge is -2.16. The highest BCUT2D eigenvalue weighted by Crippen LogP contribution is 2.38. The van der Waals surface area contributed by atoms with E-state index in [-0.39, 0.29) is 24.1 Å². The van der Waals surface area contributed by atoms with Crippen LogP contribution in [0.4, 0.5) is 0 Å². The Bertz CT molecular complexity index is 1150. The van der Waals surface area contributed by atoms with Crippen molar-refractivity contribution in [3.8, 4) is 17.4 Å².